The molecule has 2 rings (SSSR count). The first-order chi connectivity index (χ1) is 9.97. The Labute approximate surface area is 129 Å². The van der Waals surface area contributed by atoms with E-state index in [9.17, 15) is 14.7 Å². The predicted molar refractivity (Wildman–Crippen MR) is 80.9 cm³/mol. The maximum absolute atomic E-state index is 11.7. The Morgan fingerprint density at radius 3 is 3.05 bits per heavy atom. The molecule has 2 amide bonds. The highest BCUT2D eigenvalue weighted by Gasteiger charge is 2.28. The molecule has 0 aromatic heterocycles. The Bertz CT molecular complexity index is 642. The third-order valence-electron chi connectivity index (χ3n) is 2.94. The monoisotopic (exact) mass is 352 g/mol. The lowest BCUT2D eigenvalue weighted by molar-refractivity contribution is -0.127. The van der Waals surface area contributed by atoms with E-state index in [4.69, 9.17) is 0 Å². The Kier molecular flexibility index (Phi) is 4.69. The molecule has 1 heterocycles. The average molecular weight is 353 g/mol. The summed E-state index contributed by atoms with van der Waals surface area (Å²) in [6, 6.07) is 4.86. The number of hydrogen-bond donors (Lipinski definition) is 3. The molecule has 1 atom stereocenters. The Morgan fingerprint density at radius 1 is 1.62 bits per heavy atom. The minimum atomic E-state index is -0.556. The van der Waals surface area contributed by atoms with Gasteiger partial charge in [-0.1, -0.05) is 15.9 Å². The summed E-state index contributed by atoms with van der Waals surface area (Å²) in [7, 11) is 0. The minimum Gasteiger partial charge on any atom is -0.507 e. The second kappa shape index (κ2) is 6.49. The maximum Gasteiger partial charge on any atom is 0.249 e. The zero-order chi connectivity index (χ0) is 15.4. The van der Waals surface area contributed by atoms with Crippen molar-refractivity contribution in [3.63, 3.8) is 0 Å². The molecule has 0 radical (unpaired) electrons. The van der Waals surface area contributed by atoms with E-state index in [0.717, 1.165) is 4.47 Å². The number of nitrogens with zero attached hydrogens (tertiary/aromatic N) is 2. The van der Waals surface area contributed by atoms with Gasteiger partial charge in [0.15, 0.2) is 0 Å². The van der Waals surface area contributed by atoms with Crippen LogP contribution in [0, 0.1) is 5.92 Å². The molecule has 21 heavy (non-hydrogen) atoms. The number of halogens is 1. The normalized spacial score (nSPS) is 17.7. The van der Waals surface area contributed by atoms with Gasteiger partial charge in [-0.3, -0.25) is 9.59 Å². The van der Waals surface area contributed by atoms with Crippen LogP contribution in [0.15, 0.2) is 32.9 Å². The highest BCUT2D eigenvalue weighted by molar-refractivity contribution is 9.10. The zero-order valence-electron chi connectivity index (χ0n) is 11.1. The van der Waals surface area contributed by atoms with E-state index in [0.29, 0.717) is 11.3 Å². The lowest BCUT2D eigenvalue weighted by Gasteiger charge is -2.05. The summed E-state index contributed by atoms with van der Waals surface area (Å²) in [6.07, 6.45) is 1.30. The number of nitrogens with one attached hydrogen (secondary N) is 2. The van der Waals surface area contributed by atoms with Crippen LogP contribution in [-0.4, -0.2) is 28.8 Å². The maximum atomic E-state index is 11.7. The fraction of sp³-hybridized carbons (Fsp3) is 0.231. The lowest BCUT2D eigenvalue weighted by atomic mass is 10.0. The van der Waals surface area contributed by atoms with E-state index in [1.165, 1.54) is 12.3 Å². The highest BCUT2D eigenvalue weighted by atomic mass is 79.9. The number of amides is 2. The SMILES string of the molecule is CC1=NNC(=O)[C@H]1CC(=O)N/N=C\c1cc(Br)ccc1O. The van der Waals surface area contributed by atoms with E-state index in [1.54, 1.807) is 19.1 Å². The number of benzene rings is 1. The number of carbonyl (C=O) groups excluding carboxylic acids is 2. The van der Waals surface area contributed by atoms with E-state index in [1.807, 2.05) is 0 Å². The van der Waals surface area contributed by atoms with Crippen LogP contribution >= 0.6 is 15.9 Å². The molecule has 7 nitrogen and oxygen atoms in total. The van der Waals surface area contributed by atoms with Crippen LogP contribution in [0.3, 0.4) is 0 Å². The van der Waals surface area contributed by atoms with E-state index >= 15 is 0 Å². The van der Waals surface area contributed by atoms with Crippen molar-refractivity contribution in [1.82, 2.24) is 10.9 Å². The number of hydrazone groups is 2. The third-order valence-corrected chi connectivity index (χ3v) is 3.43. The molecule has 3 N–H and O–H groups in total. The first-order valence-corrected chi connectivity index (χ1v) is 6.91. The Balaban J connectivity index is 1.92. The van der Waals surface area contributed by atoms with E-state index in [-0.39, 0.29) is 18.1 Å². The van der Waals surface area contributed by atoms with Crippen molar-refractivity contribution in [2.75, 3.05) is 0 Å². The second-order valence-corrected chi connectivity index (χ2v) is 5.40. The zero-order valence-corrected chi connectivity index (χ0v) is 12.7. The molecular weight excluding hydrogens is 340 g/mol. The highest BCUT2D eigenvalue weighted by Crippen LogP contribution is 2.19. The van der Waals surface area contributed by atoms with Crippen LogP contribution in [0.2, 0.25) is 0 Å². The van der Waals surface area contributed by atoms with Crippen LogP contribution < -0.4 is 10.9 Å². The van der Waals surface area contributed by atoms with Crippen molar-refractivity contribution in [1.29, 1.82) is 0 Å². The molecule has 0 spiro atoms. The molecular formula is C13H13BrN4O3. The van der Waals surface area contributed by atoms with Gasteiger partial charge in [-0.05, 0) is 25.1 Å². The number of rotatable bonds is 4. The van der Waals surface area contributed by atoms with Crippen molar-refractivity contribution in [2.45, 2.75) is 13.3 Å². The van der Waals surface area contributed by atoms with Gasteiger partial charge in [-0.25, -0.2) is 10.9 Å². The van der Waals surface area contributed by atoms with E-state index < -0.39 is 11.8 Å². The number of carbonyl (C=O) groups is 2. The van der Waals surface area contributed by atoms with Gasteiger partial charge in [0.2, 0.25) is 11.8 Å². The summed E-state index contributed by atoms with van der Waals surface area (Å²) in [4.78, 5) is 23.1. The van der Waals surface area contributed by atoms with Crippen molar-refractivity contribution in [3.8, 4) is 5.75 Å². The quantitative estimate of drug-likeness (QED) is 0.558. The molecule has 1 aliphatic rings. The van der Waals surface area contributed by atoms with Gasteiger partial charge < -0.3 is 5.11 Å². The van der Waals surface area contributed by atoms with Gasteiger partial charge in [-0.15, -0.1) is 0 Å². The van der Waals surface area contributed by atoms with Crippen molar-refractivity contribution >= 4 is 39.7 Å². The first-order valence-electron chi connectivity index (χ1n) is 6.12. The van der Waals surface area contributed by atoms with Crippen LogP contribution in [0.25, 0.3) is 0 Å². The van der Waals surface area contributed by atoms with Crippen molar-refractivity contribution in [2.24, 2.45) is 16.1 Å². The summed E-state index contributed by atoms with van der Waals surface area (Å²) in [5.41, 5.74) is 5.66. The van der Waals surface area contributed by atoms with Crippen LogP contribution in [0.4, 0.5) is 0 Å². The van der Waals surface area contributed by atoms with Crippen LogP contribution in [0.5, 0.6) is 5.75 Å². The molecule has 8 heteroatoms. The average Bonchev–Trinajstić information content (AvgIpc) is 2.74. The molecule has 0 fully saturated rings. The molecule has 1 aromatic rings. The van der Waals surface area contributed by atoms with E-state index in [2.05, 4.69) is 37.0 Å². The number of aromatic hydroxyl groups is 1. The topological polar surface area (TPSA) is 103 Å². The summed E-state index contributed by atoms with van der Waals surface area (Å²) in [5.74, 6) is -1.21. The smallest absolute Gasteiger partial charge is 0.249 e. The summed E-state index contributed by atoms with van der Waals surface area (Å²) < 4.78 is 0.780. The standard InChI is InChI=1S/C13H13BrN4O3/c1-7-10(13(21)18-16-7)5-12(20)17-15-6-8-4-9(14)2-3-11(8)19/h2-4,6,10,19H,5H2,1H3,(H,17,20)(H,18,21)/b15-6-/t10-/m0/s1. The fourth-order valence-electron chi connectivity index (χ4n) is 1.76. The molecule has 110 valence electrons. The largest absolute Gasteiger partial charge is 0.507 e. The van der Waals surface area contributed by atoms with Gasteiger partial charge in [0.1, 0.15) is 5.75 Å². The summed E-state index contributed by atoms with van der Waals surface area (Å²) in [5, 5.41) is 17.1. The second-order valence-electron chi connectivity index (χ2n) is 4.48. The number of hydrogen-bond acceptors (Lipinski definition) is 5. The summed E-state index contributed by atoms with van der Waals surface area (Å²) in [6.45, 7) is 1.68. The number of phenolic OH excluding ortho intramolecular Hbond substituents is 1. The van der Waals surface area contributed by atoms with Crippen molar-refractivity contribution < 1.29 is 14.7 Å². The molecule has 0 aliphatic carbocycles. The minimum absolute atomic E-state index is 0.0248. The third kappa shape index (κ3) is 3.88. The first kappa shape index (κ1) is 15.2. The fourth-order valence-corrected chi connectivity index (χ4v) is 2.14. The molecule has 0 unspecified atom stereocenters. The molecule has 1 aliphatic heterocycles. The van der Waals surface area contributed by atoms with Gasteiger partial charge >= 0.3 is 0 Å². The Hall–Kier alpha value is -2.22. The van der Waals surface area contributed by atoms with Gasteiger partial charge in [0.25, 0.3) is 0 Å². The Morgan fingerprint density at radius 2 is 2.38 bits per heavy atom. The number of phenols is 1. The van der Waals surface area contributed by atoms with Gasteiger partial charge in [0, 0.05) is 22.2 Å². The molecule has 1 aromatic carbocycles. The van der Waals surface area contributed by atoms with Crippen LogP contribution in [-0.2, 0) is 9.59 Å². The summed E-state index contributed by atoms with van der Waals surface area (Å²) >= 11 is 3.27. The molecule has 0 bridgehead atoms. The predicted octanol–water partition coefficient (Wildman–Crippen LogP) is 1.12. The van der Waals surface area contributed by atoms with Gasteiger partial charge in [-0.2, -0.15) is 10.2 Å². The van der Waals surface area contributed by atoms with Gasteiger partial charge in [0.05, 0.1) is 12.1 Å². The lowest BCUT2D eigenvalue weighted by Crippen LogP contribution is -2.29. The molecule has 0 saturated carbocycles. The molecule has 0 saturated heterocycles. The van der Waals surface area contributed by atoms with Crippen molar-refractivity contribution in [3.05, 3.63) is 28.2 Å². The van der Waals surface area contributed by atoms with Crippen LogP contribution in [0.1, 0.15) is 18.9 Å².